The number of carbonyl (C=O) groups is 1. The van der Waals surface area contributed by atoms with E-state index in [2.05, 4.69) is 30.9 Å². The molecule has 0 saturated carbocycles. The molecule has 3 aromatic carbocycles. The van der Waals surface area contributed by atoms with Crippen LogP contribution in [-0.2, 0) is 0 Å². The van der Waals surface area contributed by atoms with Crippen LogP contribution in [0.2, 0.25) is 5.02 Å². The first-order valence-electron chi connectivity index (χ1n) is 11.1. The predicted octanol–water partition coefficient (Wildman–Crippen LogP) is 6.31. The minimum Gasteiger partial charge on any atom is -0.368 e. The molecule has 5 aromatic rings. The molecule has 0 bridgehead atoms. The fraction of sp³-hybridized carbons (Fsp3) is 0.0370. The van der Waals surface area contributed by atoms with Gasteiger partial charge < -0.3 is 21.7 Å². The summed E-state index contributed by atoms with van der Waals surface area (Å²) in [6.07, 6.45) is 1.74. The van der Waals surface area contributed by atoms with Crippen LogP contribution in [0.4, 0.5) is 34.5 Å². The molecule has 0 atom stereocenters. The van der Waals surface area contributed by atoms with Crippen molar-refractivity contribution in [3.8, 4) is 0 Å². The standard InChI is InChI=1S/C27H22ClN7O/c1-16-14-25(35-27(29)31-16)33-20-7-9-21(10-8-20)34-26(36)17-2-5-19(6-3-17)32-24-12-13-30-23-11-4-18(28)15-22(23)24/h2-15H,1H3,(H,30,32)(H,34,36)(H3,29,31,33,35). The SMILES string of the molecule is Cc1cc(Nc2ccc(NC(=O)c3ccc(Nc4ccnc5ccc(Cl)cc45)cc3)cc2)nc(N)n1. The topological polar surface area (TPSA) is 118 Å². The summed E-state index contributed by atoms with van der Waals surface area (Å²) >= 11 is 6.16. The Morgan fingerprint density at radius 3 is 2.28 bits per heavy atom. The number of anilines is 6. The van der Waals surface area contributed by atoms with Crippen LogP contribution in [0.15, 0.2) is 85.1 Å². The minimum atomic E-state index is -0.206. The molecule has 178 valence electrons. The Balaban J connectivity index is 1.23. The van der Waals surface area contributed by atoms with Crippen LogP contribution in [0.1, 0.15) is 16.1 Å². The number of hydrogen-bond donors (Lipinski definition) is 4. The lowest BCUT2D eigenvalue weighted by Gasteiger charge is -2.11. The van der Waals surface area contributed by atoms with Gasteiger partial charge in [0.15, 0.2) is 0 Å². The molecule has 8 nitrogen and oxygen atoms in total. The smallest absolute Gasteiger partial charge is 0.255 e. The maximum Gasteiger partial charge on any atom is 0.255 e. The van der Waals surface area contributed by atoms with Gasteiger partial charge in [-0.3, -0.25) is 9.78 Å². The van der Waals surface area contributed by atoms with Crippen molar-refractivity contribution in [2.45, 2.75) is 6.92 Å². The maximum absolute atomic E-state index is 12.7. The Hall–Kier alpha value is -4.69. The van der Waals surface area contributed by atoms with E-state index in [9.17, 15) is 4.79 Å². The predicted molar refractivity (Wildman–Crippen MR) is 145 cm³/mol. The Morgan fingerprint density at radius 1 is 0.833 bits per heavy atom. The second-order valence-corrected chi connectivity index (χ2v) is 8.57. The van der Waals surface area contributed by atoms with E-state index >= 15 is 0 Å². The first-order chi connectivity index (χ1) is 17.4. The van der Waals surface area contributed by atoms with Gasteiger partial charge >= 0.3 is 0 Å². The monoisotopic (exact) mass is 495 g/mol. The van der Waals surface area contributed by atoms with Crippen molar-refractivity contribution in [3.05, 3.63) is 101 Å². The van der Waals surface area contributed by atoms with Crippen LogP contribution in [-0.4, -0.2) is 20.9 Å². The molecule has 0 spiro atoms. The lowest BCUT2D eigenvalue weighted by atomic mass is 10.1. The summed E-state index contributed by atoms with van der Waals surface area (Å²) in [5, 5.41) is 11.0. The molecule has 5 N–H and O–H groups in total. The van der Waals surface area contributed by atoms with Crippen LogP contribution in [0.5, 0.6) is 0 Å². The number of benzene rings is 3. The van der Waals surface area contributed by atoms with E-state index in [0.717, 1.165) is 33.7 Å². The van der Waals surface area contributed by atoms with Crippen LogP contribution in [0, 0.1) is 6.92 Å². The first kappa shape index (κ1) is 23.1. The third-order valence-corrected chi connectivity index (χ3v) is 5.65. The third-order valence-electron chi connectivity index (χ3n) is 5.42. The zero-order valence-corrected chi connectivity index (χ0v) is 20.0. The Morgan fingerprint density at radius 2 is 1.53 bits per heavy atom. The molecule has 0 unspecified atom stereocenters. The first-order valence-corrected chi connectivity index (χ1v) is 11.5. The number of hydrogen-bond acceptors (Lipinski definition) is 7. The highest BCUT2D eigenvalue weighted by molar-refractivity contribution is 6.31. The number of fused-ring (bicyclic) bond motifs is 1. The van der Waals surface area contributed by atoms with E-state index in [-0.39, 0.29) is 11.9 Å². The summed E-state index contributed by atoms with van der Waals surface area (Å²) in [6.45, 7) is 1.85. The van der Waals surface area contributed by atoms with E-state index in [1.807, 2.05) is 67.6 Å². The lowest BCUT2D eigenvalue weighted by Crippen LogP contribution is -2.11. The van der Waals surface area contributed by atoms with Gasteiger partial charge in [-0.15, -0.1) is 0 Å². The fourth-order valence-corrected chi connectivity index (χ4v) is 3.90. The van der Waals surface area contributed by atoms with Crippen molar-refractivity contribution in [1.82, 2.24) is 15.0 Å². The molecule has 9 heteroatoms. The summed E-state index contributed by atoms with van der Waals surface area (Å²) in [5.74, 6) is 0.608. The number of nitrogens with two attached hydrogens (primary N) is 1. The highest BCUT2D eigenvalue weighted by Gasteiger charge is 2.08. The number of nitrogens with zero attached hydrogens (tertiary/aromatic N) is 3. The second-order valence-electron chi connectivity index (χ2n) is 8.13. The number of amides is 1. The third kappa shape index (κ3) is 5.34. The molecule has 0 fully saturated rings. The van der Waals surface area contributed by atoms with Gasteiger partial charge in [0.05, 0.1) is 5.52 Å². The van der Waals surface area contributed by atoms with Crippen LogP contribution in [0.25, 0.3) is 10.9 Å². The Kier molecular flexibility index (Phi) is 6.34. The summed E-state index contributed by atoms with van der Waals surface area (Å²) in [4.78, 5) is 25.3. The van der Waals surface area contributed by atoms with Crippen LogP contribution in [0.3, 0.4) is 0 Å². The average Bonchev–Trinajstić information content (AvgIpc) is 2.85. The summed E-state index contributed by atoms with van der Waals surface area (Å²) in [6, 6.07) is 23.8. The quantitative estimate of drug-likeness (QED) is 0.218. The second kappa shape index (κ2) is 9.89. The number of halogens is 1. The normalized spacial score (nSPS) is 10.7. The molecule has 0 aliphatic rings. The van der Waals surface area contributed by atoms with E-state index in [1.165, 1.54) is 0 Å². The van der Waals surface area contributed by atoms with Gasteiger partial charge in [-0.1, -0.05) is 11.6 Å². The minimum absolute atomic E-state index is 0.206. The van der Waals surface area contributed by atoms with Crippen molar-refractivity contribution < 1.29 is 4.79 Å². The number of carbonyl (C=O) groups excluding carboxylic acids is 1. The zero-order valence-electron chi connectivity index (χ0n) is 19.3. The van der Waals surface area contributed by atoms with Crippen molar-refractivity contribution in [3.63, 3.8) is 0 Å². The molecule has 2 heterocycles. The van der Waals surface area contributed by atoms with E-state index in [1.54, 1.807) is 24.4 Å². The lowest BCUT2D eigenvalue weighted by molar-refractivity contribution is 0.102. The Bertz CT molecular complexity index is 1530. The number of aryl methyl sites for hydroxylation is 1. The summed E-state index contributed by atoms with van der Waals surface area (Å²) < 4.78 is 0. The largest absolute Gasteiger partial charge is 0.368 e. The molecular weight excluding hydrogens is 474 g/mol. The molecule has 1 amide bonds. The molecule has 36 heavy (non-hydrogen) atoms. The molecule has 0 aliphatic heterocycles. The molecule has 0 radical (unpaired) electrons. The van der Waals surface area contributed by atoms with Crippen LogP contribution >= 0.6 is 11.6 Å². The molecule has 2 aromatic heterocycles. The van der Waals surface area contributed by atoms with Gasteiger partial charge in [-0.05, 0) is 79.7 Å². The van der Waals surface area contributed by atoms with Crippen molar-refractivity contribution in [1.29, 1.82) is 0 Å². The number of rotatable bonds is 6. The Labute approximate surface area is 212 Å². The molecular formula is C27H22ClN7O. The van der Waals surface area contributed by atoms with E-state index in [4.69, 9.17) is 17.3 Å². The van der Waals surface area contributed by atoms with Gasteiger partial charge in [0.1, 0.15) is 5.82 Å². The van der Waals surface area contributed by atoms with Crippen molar-refractivity contribution >= 4 is 62.9 Å². The zero-order chi connectivity index (χ0) is 25.1. The fourth-order valence-electron chi connectivity index (χ4n) is 3.73. The molecule has 5 rings (SSSR count). The number of pyridine rings is 1. The number of aromatic nitrogens is 3. The maximum atomic E-state index is 12.7. The highest BCUT2D eigenvalue weighted by atomic mass is 35.5. The molecule has 0 saturated heterocycles. The molecule has 0 aliphatic carbocycles. The van der Waals surface area contributed by atoms with Crippen molar-refractivity contribution in [2.24, 2.45) is 0 Å². The number of nitrogens with one attached hydrogen (secondary N) is 3. The van der Waals surface area contributed by atoms with Crippen molar-refractivity contribution in [2.75, 3.05) is 21.7 Å². The van der Waals surface area contributed by atoms with Gasteiger partial charge in [-0.2, -0.15) is 4.98 Å². The van der Waals surface area contributed by atoms with E-state index < -0.39 is 0 Å². The van der Waals surface area contributed by atoms with Gasteiger partial charge in [0.2, 0.25) is 5.95 Å². The van der Waals surface area contributed by atoms with E-state index in [0.29, 0.717) is 22.1 Å². The van der Waals surface area contributed by atoms with Gasteiger partial charge in [0.25, 0.3) is 5.91 Å². The van der Waals surface area contributed by atoms with Gasteiger partial charge in [0, 0.05) is 56.7 Å². The summed E-state index contributed by atoms with van der Waals surface area (Å²) in [7, 11) is 0. The highest BCUT2D eigenvalue weighted by Crippen LogP contribution is 2.28. The van der Waals surface area contributed by atoms with Gasteiger partial charge in [-0.25, -0.2) is 4.98 Å². The van der Waals surface area contributed by atoms with Crippen LogP contribution < -0.4 is 21.7 Å². The summed E-state index contributed by atoms with van der Waals surface area (Å²) in [5.41, 5.74) is 11.1. The number of nitrogen functional groups attached to an aromatic ring is 1. The average molecular weight is 496 g/mol.